The number of nitrogens with zero attached hydrogens (tertiary/aromatic N) is 6. The average molecular weight is 316 g/mol. The van der Waals surface area contributed by atoms with Gasteiger partial charge in [-0.2, -0.15) is 0 Å². The fraction of sp³-hybridized carbons (Fsp3) is 0.286. The van der Waals surface area contributed by atoms with Crippen LogP contribution in [0.15, 0.2) is 29.8 Å². The highest BCUT2D eigenvalue weighted by Crippen LogP contribution is 2.04. The summed E-state index contributed by atoms with van der Waals surface area (Å²) in [6, 6.07) is 0. The molecule has 0 aliphatic carbocycles. The number of imidazole rings is 1. The maximum atomic E-state index is 12.2. The second-order valence-corrected chi connectivity index (χ2v) is 4.69. The number of aryl methyl sites for hydroxylation is 3. The Labute approximate surface area is 131 Å². The van der Waals surface area contributed by atoms with Crippen LogP contribution in [0.2, 0.25) is 0 Å². The van der Waals surface area contributed by atoms with Gasteiger partial charge in [0.15, 0.2) is 11.2 Å². The second-order valence-electron chi connectivity index (χ2n) is 4.69. The normalized spacial score (nSPS) is 10.2. The average Bonchev–Trinajstić information content (AvgIpc) is 2.87. The summed E-state index contributed by atoms with van der Waals surface area (Å²) in [5, 5.41) is 6.89. The third kappa shape index (κ3) is 3.57. The fourth-order valence-electron chi connectivity index (χ4n) is 2.03. The molecule has 0 atom stereocenters. The van der Waals surface area contributed by atoms with Crippen molar-refractivity contribution in [2.45, 2.75) is 26.9 Å². The molecule has 0 fully saturated rings. The van der Waals surface area contributed by atoms with Crippen molar-refractivity contribution in [2.24, 2.45) is 0 Å². The molecule has 0 aromatic carbocycles. The smallest absolute Gasteiger partial charge is 0.290 e. The zero-order valence-corrected chi connectivity index (χ0v) is 12.7. The lowest BCUT2D eigenvalue weighted by Crippen LogP contribution is -2.24. The van der Waals surface area contributed by atoms with E-state index in [2.05, 4.69) is 19.9 Å². The van der Waals surface area contributed by atoms with E-state index in [-0.39, 0.29) is 12.0 Å². The number of carboxylic acid groups (broad SMARTS) is 1. The van der Waals surface area contributed by atoms with Gasteiger partial charge in [-0.25, -0.2) is 19.9 Å². The molecule has 9 nitrogen and oxygen atoms in total. The molecule has 0 saturated heterocycles. The Hall–Kier alpha value is -3.10. The topological polar surface area (TPSA) is 116 Å². The SMILES string of the molecule is Cc1ncn(CCn2cnc3nccnc3c2=O)c1C.O=CO. The summed E-state index contributed by atoms with van der Waals surface area (Å²) in [5.74, 6) is 0. The van der Waals surface area contributed by atoms with E-state index in [4.69, 9.17) is 9.90 Å². The molecule has 0 aliphatic rings. The zero-order chi connectivity index (χ0) is 16.8. The summed E-state index contributed by atoms with van der Waals surface area (Å²) >= 11 is 0. The van der Waals surface area contributed by atoms with Crippen LogP contribution in [-0.2, 0) is 17.9 Å². The quantitative estimate of drug-likeness (QED) is 0.695. The Morgan fingerprint density at radius 1 is 1.04 bits per heavy atom. The van der Waals surface area contributed by atoms with Crippen molar-refractivity contribution in [3.8, 4) is 0 Å². The van der Waals surface area contributed by atoms with E-state index in [9.17, 15) is 4.79 Å². The summed E-state index contributed by atoms with van der Waals surface area (Å²) in [6.07, 6.45) is 6.32. The molecular formula is C14H16N6O3. The van der Waals surface area contributed by atoms with Gasteiger partial charge in [-0.05, 0) is 13.8 Å². The molecule has 1 N–H and O–H groups in total. The van der Waals surface area contributed by atoms with Crippen molar-refractivity contribution in [3.05, 3.63) is 46.8 Å². The van der Waals surface area contributed by atoms with Gasteiger partial charge >= 0.3 is 0 Å². The highest BCUT2D eigenvalue weighted by Gasteiger charge is 2.07. The summed E-state index contributed by atoms with van der Waals surface area (Å²) in [6.45, 7) is 4.91. The molecular weight excluding hydrogens is 300 g/mol. The van der Waals surface area contributed by atoms with Crippen LogP contribution in [-0.4, -0.2) is 40.6 Å². The van der Waals surface area contributed by atoms with Crippen LogP contribution in [0.5, 0.6) is 0 Å². The van der Waals surface area contributed by atoms with Crippen LogP contribution >= 0.6 is 0 Å². The maximum absolute atomic E-state index is 12.2. The molecule has 0 bridgehead atoms. The van der Waals surface area contributed by atoms with Crippen LogP contribution in [0.3, 0.4) is 0 Å². The molecule has 3 rings (SSSR count). The van der Waals surface area contributed by atoms with Gasteiger partial charge in [-0.3, -0.25) is 14.2 Å². The predicted octanol–water partition coefficient (Wildman–Crippen LogP) is 0.401. The van der Waals surface area contributed by atoms with Crippen LogP contribution < -0.4 is 5.56 Å². The van der Waals surface area contributed by atoms with E-state index in [1.807, 2.05) is 18.4 Å². The van der Waals surface area contributed by atoms with Gasteiger partial charge < -0.3 is 9.67 Å². The highest BCUT2D eigenvalue weighted by molar-refractivity contribution is 5.66. The molecule has 120 valence electrons. The minimum atomic E-state index is -0.250. The van der Waals surface area contributed by atoms with Gasteiger partial charge in [-0.15, -0.1) is 0 Å². The van der Waals surface area contributed by atoms with Gasteiger partial charge in [0, 0.05) is 31.2 Å². The minimum Gasteiger partial charge on any atom is -0.483 e. The van der Waals surface area contributed by atoms with Crippen molar-refractivity contribution < 1.29 is 9.90 Å². The summed E-state index contributed by atoms with van der Waals surface area (Å²) in [7, 11) is 0. The van der Waals surface area contributed by atoms with Crippen molar-refractivity contribution in [3.63, 3.8) is 0 Å². The lowest BCUT2D eigenvalue weighted by molar-refractivity contribution is -0.122. The molecule has 23 heavy (non-hydrogen) atoms. The number of carbonyl (C=O) groups is 1. The number of fused-ring (bicyclic) bond motifs is 1. The summed E-state index contributed by atoms with van der Waals surface area (Å²) in [4.78, 5) is 37.0. The Morgan fingerprint density at radius 2 is 1.65 bits per heavy atom. The number of aromatic nitrogens is 6. The lowest BCUT2D eigenvalue weighted by atomic mass is 10.4. The van der Waals surface area contributed by atoms with Crippen molar-refractivity contribution >= 4 is 17.6 Å². The minimum absolute atomic E-state index is 0.169. The molecule has 9 heteroatoms. The number of rotatable bonds is 3. The van der Waals surface area contributed by atoms with E-state index in [1.165, 1.54) is 18.7 Å². The van der Waals surface area contributed by atoms with Gasteiger partial charge in [-0.1, -0.05) is 0 Å². The molecule has 3 aromatic rings. The predicted molar refractivity (Wildman–Crippen MR) is 82.0 cm³/mol. The Morgan fingerprint density at radius 3 is 2.30 bits per heavy atom. The molecule has 3 aromatic heterocycles. The largest absolute Gasteiger partial charge is 0.483 e. The van der Waals surface area contributed by atoms with Crippen LogP contribution in [0.4, 0.5) is 0 Å². The monoisotopic (exact) mass is 316 g/mol. The first-order chi connectivity index (χ1) is 11.1. The van der Waals surface area contributed by atoms with E-state index in [0.717, 1.165) is 11.4 Å². The molecule has 0 saturated carbocycles. The standard InChI is InChI=1S/C13H14N6O.CH2O2/c1-9-10(2)18(7-16-9)5-6-19-8-17-12-11(13(19)20)14-3-4-15-12;2-1-3/h3-4,7-8H,5-6H2,1-2H3;1H,(H,2,3). The van der Waals surface area contributed by atoms with Crippen molar-refractivity contribution in [1.82, 2.24) is 29.1 Å². The van der Waals surface area contributed by atoms with Crippen LogP contribution in [0, 0.1) is 13.8 Å². The first-order valence-corrected chi connectivity index (χ1v) is 6.80. The maximum Gasteiger partial charge on any atom is 0.290 e. The summed E-state index contributed by atoms with van der Waals surface area (Å²) < 4.78 is 3.56. The Kier molecular flexibility index (Phi) is 5.13. The van der Waals surface area contributed by atoms with Crippen LogP contribution in [0.1, 0.15) is 11.4 Å². The van der Waals surface area contributed by atoms with Crippen LogP contribution in [0.25, 0.3) is 11.2 Å². The number of hydrogen-bond donors (Lipinski definition) is 1. The molecule has 0 unspecified atom stereocenters. The van der Waals surface area contributed by atoms with E-state index in [0.29, 0.717) is 24.3 Å². The highest BCUT2D eigenvalue weighted by atomic mass is 16.3. The Bertz CT molecular complexity index is 870. The first-order valence-electron chi connectivity index (χ1n) is 6.80. The second kappa shape index (κ2) is 7.25. The molecule has 0 spiro atoms. The number of hydrogen-bond acceptors (Lipinski definition) is 6. The van der Waals surface area contributed by atoms with E-state index < -0.39 is 0 Å². The summed E-state index contributed by atoms with van der Waals surface area (Å²) in [5.41, 5.74) is 2.61. The molecule has 3 heterocycles. The molecule has 0 radical (unpaired) electrons. The van der Waals surface area contributed by atoms with Crippen molar-refractivity contribution in [2.75, 3.05) is 0 Å². The zero-order valence-electron chi connectivity index (χ0n) is 12.7. The van der Waals surface area contributed by atoms with E-state index >= 15 is 0 Å². The molecule has 0 aliphatic heterocycles. The van der Waals surface area contributed by atoms with Crippen molar-refractivity contribution in [1.29, 1.82) is 0 Å². The van der Waals surface area contributed by atoms with E-state index in [1.54, 1.807) is 10.9 Å². The third-order valence-electron chi connectivity index (χ3n) is 3.39. The third-order valence-corrected chi connectivity index (χ3v) is 3.39. The van der Waals surface area contributed by atoms with Gasteiger partial charge in [0.05, 0.1) is 12.0 Å². The van der Waals surface area contributed by atoms with Gasteiger partial charge in [0.25, 0.3) is 12.0 Å². The lowest BCUT2D eigenvalue weighted by Gasteiger charge is -2.08. The first kappa shape index (κ1) is 16.3. The van der Waals surface area contributed by atoms with Gasteiger partial charge in [0.2, 0.25) is 0 Å². The fourth-order valence-corrected chi connectivity index (χ4v) is 2.03. The van der Waals surface area contributed by atoms with Gasteiger partial charge in [0.1, 0.15) is 6.33 Å². The Balaban J connectivity index is 0.000000595. The molecule has 0 amide bonds.